The minimum absolute atomic E-state index is 0.133. The number of allylic oxidation sites excluding steroid dienone is 4. The summed E-state index contributed by atoms with van der Waals surface area (Å²) in [4.78, 5) is 10.7. The minimum atomic E-state index is -0.512. The highest BCUT2D eigenvalue weighted by atomic mass is 16.5. The molecule has 4 atom stereocenters. The van der Waals surface area contributed by atoms with Crippen molar-refractivity contribution in [2.45, 2.75) is 104 Å². The second-order valence-electron chi connectivity index (χ2n) is 8.70. The lowest BCUT2D eigenvalue weighted by Gasteiger charge is -2.16. The van der Waals surface area contributed by atoms with Crippen molar-refractivity contribution in [3.63, 3.8) is 0 Å². The van der Waals surface area contributed by atoms with E-state index in [0.29, 0.717) is 5.92 Å². The minimum Gasteiger partial charge on any atom is -0.463 e. The van der Waals surface area contributed by atoms with Gasteiger partial charge < -0.3 is 9.84 Å². The van der Waals surface area contributed by atoms with Gasteiger partial charge in [0.2, 0.25) is 0 Å². The number of aliphatic hydroxyl groups is 1. The number of hydrogen-bond donors (Lipinski definition) is 1. The summed E-state index contributed by atoms with van der Waals surface area (Å²) in [6.07, 6.45) is 23.6. The van der Waals surface area contributed by atoms with Crippen molar-refractivity contribution >= 4 is 5.97 Å². The van der Waals surface area contributed by atoms with Gasteiger partial charge in [0.25, 0.3) is 0 Å². The van der Waals surface area contributed by atoms with Crippen molar-refractivity contribution in [1.29, 1.82) is 0 Å². The van der Waals surface area contributed by atoms with Crippen LogP contribution in [-0.4, -0.2) is 23.8 Å². The van der Waals surface area contributed by atoms with Crippen LogP contribution in [0, 0.1) is 17.8 Å². The van der Waals surface area contributed by atoms with Gasteiger partial charge in [-0.3, -0.25) is 4.79 Å². The van der Waals surface area contributed by atoms with Crippen molar-refractivity contribution in [2.75, 3.05) is 6.61 Å². The van der Waals surface area contributed by atoms with E-state index in [2.05, 4.69) is 38.2 Å². The number of carbonyl (C=O) groups is 1. The molecule has 1 aliphatic carbocycles. The summed E-state index contributed by atoms with van der Waals surface area (Å²) in [5, 5.41) is 9.75. The lowest BCUT2D eigenvalue weighted by atomic mass is 9.89. The predicted octanol–water partition coefficient (Wildman–Crippen LogP) is 6.61. The van der Waals surface area contributed by atoms with E-state index in [1.165, 1.54) is 64.7 Å². The van der Waals surface area contributed by atoms with Crippen LogP contribution in [0.1, 0.15) is 97.8 Å². The van der Waals surface area contributed by atoms with E-state index >= 15 is 0 Å². The van der Waals surface area contributed by atoms with Gasteiger partial charge >= 0.3 is 5.97 Å². The molecule has 0 radical (unpaired) electrons. The van der Waals surface area contributed by atoms with Gasteiger partial charge in [0.1, 0.15) is 6.61 Å². The van der Waals surface area contributed by atoms with Gasteiger partial charge in [-0.1, -0.05) is 83.1 Å². The summed E-state index contributed by atoms with van der Waals surface area (Å²) in [5.41, 5.74) is 0. The van der Waals surface area contributed by atoms with E-state index in [4.69, 9.17) is 4.74 Å². The molecule has 0 bridgehead atoms. The normalized spacial score (nSPS) is 21.3. The maximum Gasteiger partial charge on any atom is 0.302 e. The highest BCUT2D eigenvalue weighted by Crippen LogP contribution is 2.31. The first-order valence-corrected chi connectivity index (χ1v) is 11.7. The highest BCUT2D eigenvalue weighted by Gasteiger charge is 2.19. The van der Waals surface area contributed by atoms with Crippen LogP contribution >= 0.6 is 0 Å². The first-order valence-electron chi connectivity index (χ1n) is 11.7. The Labute approximate surface area is 173 Å². The zero-order valence-electron chi connectivity index (χ0n) is 18.6. The molecule has 28 heavy (non-hydrogen) atoms. The fraction of sp³-hybridized carbons (Fsp3) is 0.800. The molecule has 0 heterocycles. The van der Waals surface area contributed by atoms with Crippen LogP contribution in [0.25, 0.3) is 0 Å². The van der Waals surface area contributed by atoms with E-state index in [1.807, 2.05) is 0 Å². The molecule has 0 aromatic carbocycles. The van der Waals surface area contributed by atoms with Gasteiger partial charge in [0.15, 0.2) is 0 Å². The van der Waals surface area contributed by atoms with Crippen LogP contribution in [0.15, 0.2) is 24.3 Å². The Kier molecular flexibility index (Phi) is 14.1. The van der Waals surface area contributed by atoms with Crippen molar-refractivity contribution in [3.05, 3.63) is 24.3 Å². The molecule has 0 saturated heterocycles. The number of carbonyl (C=O) groups excluding carboxylic acids is 1. The molecule has 1 rings (SSSR count). The van der Waals surface area contributed by atoms with Crippen LogP contribution in [0.4, 0.5) is 0 Å². The Morgan fingerprint density at radius 1 is 1.18 bits per heavy atom. The van der Waals surface area contributed by atoms with Crippen LogP contribution in [0.3, 0.4) is 0 Å². The fourth-order valence-electron chi connectivity index (χ4n) is 4.02. The average Bonchev–Trinajstić information content (AvgIpc) is 3.11. The van der Waals surface area contributed by atoms with E-state index < -0.39 is 6.10 Å². The van der Waals surface area contributed by atoms with E-state index in [1.54, 1.807) is 0 Å². The molecule has 0 aliphatic heterocycles. The predicted molar refractivity (Wildman–Crippen MR) is 118 cm³/mol. The van der Waals surface area contributed by atoms with Gasteiger partial charge in [-0.15, -0.1) is 0 Å². The summed E-state index contributed by atoms with van der Waals surface area (Å²) in [6.45, 7) is 6.17. The van der Waals surface area contributed by atoms with E-state index in [-0.39, 0.29) is 12.6 Å². The highest BCUT2D eigenvalue weighted by molar-refractivity contribution is 5.65. The molecule has 1 aliphatic rings. The summed E-state index contributed by atoms with van der Waals surface area (Å²) < 4.78 is 4.83. The van der Waals surface area contributed by atoms with Crippen molar-refractivity contribution in [3.8, 4) is 0 Å². The zero-order valence-corrected chi connectivity index (χ0v) is 18.6. The monoisotopic (exact) mass is 392 g/mol. The molecule has 0 aromatic heterocycles. The Balaban J connectivity index is 2.08. The standard InChI is InChI=1S/C25H44O3/c1-4-5-13-21(2)14-10-11-16-24-18-12-17-23(24)15-8-6-7-9-19-25(27)20-28-22(3)26/h11-12,16,18,21,23-25,27H,4-10,13-15,17,19-20H2,1-3H3/t21?,23-,24-,25?/m0/s1. The third-order valence-corrected chi connectivity index (χ3v) is 5.92. The first kappa shape index (κ1) is 24.9. The Morgan fingerprint density at radius 2 is 1.96 bits per heavy atom. The summed E-state index contributed by atoms with van der Waals surface area (Å²) in [5.74, 6) is 1.95. The molecule has 0 spiro atoms. The smallest absolute Gasteiger partial charge is 0.302 e. The van der Waals surface area contributed by atoms with Gasteiger partial charge in [-0.25, -0.2) is 0 Å². The summed E-state index contributed by atoms with van der Waals surface area (Å²) in [7, 11) is 0. The SMILES string of the molecule is CCCCC(C)CCC=C[C@H]1C=CC[C@@H]1CCCCCCC(O)COC(C)=O. The third kappa shape index (κ3) is 12.4. The van der Waals surface area contributed by atoms with Gasteiger partial charge in [-0.2, -0.15) is 0 Å². The van der Waals surface area contributed by atoms with Crippen molar-refractivity contribution in [2.24, 2.45) is 17.8 Å². The maximum absolute atomic E-state index is 10.7. The Hall–Kier alpha value is -1.09. The number of hydrogen-bond acceptors (Lipinski definition) is 3. The molecule has 0 fully saturated rings. The molecule has 3 nitrogen and oxygen atoms in total. The molecule has 3 heteroatoms. The molecule has 0 amide bonds. The van der Waals surface area contributed by atoms with Gasteiger partial charge in [0.05, 0.1) is 6.10 Å². The van der Waals surface area contributed by atoms with Crippen LogP contribution in [-0.2, 0) is 9.53 Å². The quantitative estimate of drug-likeness (QED) is 0.183. The maximum atomic E-state index is 10.7. The third-order valence-electron chi connectivity index (χ3n) is 5.92. The summed E-state index contributed by atoms with van der Waals surface area (Å²) in [6, 6.07) is 0. The second-order valence-corrected chi connectivity index (χ2v) is 8.70. The average molecular weight is 393 g/mol. The van der Waals surface area contributed by atoms with Crippen LogP contribution < -0.4 is 0 Å². The molecular weight excluding hydrogens is 348 g/mol. The van der Waals surface area contributed by atoms with E-state index in [0.717, 1.165) is 31.1 Å². The number of aliphatic hydroxyl groups excluding tert-OH is 1. The largest absolute Gasteiger partial charge is 0.463 e. The number of unbranched alkanes of at least 4 members (excludes halogenated alkanes) is 4. The first-order chi connectivity index (χ1) is 13.5. The lowest BCUT2D eigenvalue weighted by molar-refractivity contribution is -0.144. The summed E-state index contributed by atoms with van der Waals surface area (Å²) >= 11 is 0. The van der Waals surface area contributed by atoms with Gasteiger partial charge in [-0.05, 0) is 49.9 Å². The molecule has 2 unspecified atom stereocenters. The molecule has 1 N–H and O–H groups in total. The topological polar surface area (TPSA) is 46.5 Å². The lowest BCUT2D eigenvalue weighted by Crippen LogP contribution is -2.17. The van der Waals surface area contributed by atoms with Gasteiger partial charge in [0, 0.05) is 6.92 Å². The fourth-order valence-corrected chi connectivity index (χ4v) is 4.02. The number of ether oxygens (including phenoxy) is 1. The molecule has 0 aromatic rings. The van der Waals surface area contributed by atoms with Crippen LogP contribution in [0.2, 0.25) is 0 Å². The van der Waals surface area contributed by atoms with E-state index in [9.17, 15) is 9.90 Å². The zero-order chi connectivity index (χ0) is 20.6. The Bertz CT molecular complexity index is 455. The van der Waals surface area contributed by atoms with Crippen LogP contribution in [0.5, 0.6) is 0 Å². The molecular formula is C25H44O3. The van der Waals surface area contributed by atoms with Crippen molar-refractivity contribution < 1.29 is 14.6 Å². The molecule has 162 valence electrons. The number of rotatable bonds is 16. The Morgan fingerprint density at radius 3 is 2.71 bits per heavy atom. The van der Waals surface area contributed by atoms with Crippen molar-refractivity contribution in [1.82, 2.24) is 0 Å². The second kappa shape index (κ2) is 15.8. The number of esters is 1. The molecule has 0 saturated carbocycles.